The summed E-state index contributed by atoms with van der Waals surface area (Å²) in [5.41, 5.74) is 12.4. The van der Waals surface area contributed by atoms with Gasteiger partial charge in [-0.05, 0) is 97.1 Å². The second-order valence-electron chi connectivity index (χ2n) is 17.1. The van der Waals surface area contributed by atoms with E-state index in [4.69, 9.17) is 9.39 Å². The number of rotatable bonds is 7. The highest BCUT2D eigenvalue weighted by molar-refractivity contribution is 7.20. The van der Waals surface area contributed by atoms with E-state index in [0.717, 1.165) is 61.7 Å². The van der Waals surface area contributed by atoms with Crippen molar-refractivity contribution in [2.75, 3.05) is 0 Å². The smallest absolute Gasteiger partial charge is 0.434 e. The van der Waals surface area contributed by atoms with Crippen LogP contribution in [0, 0.1) is 0 Å². The molecule has 3 nitrogen and oxygen atoms in total. The standard InChI is InChI=1S/C60H40BNO2Si/c1-4-18-45(19-5-1)65(46-20-6-2-7-21-46,47-22-8-3-9-23-47)59-31-17-13-24-48(59)42-34-37-57-53(39-42)61-60-52(51-27-12-16-30-56(51)64-61)38-43(40-58(60)63-57)41-32-35-44(36-33-41)62-54-28-14-10-25-49(54)50-26-11-15-29-55(50)62/h1-40H. The molecular weight excluding hydrogens is 806 g/mol. The van der Waals surface area contributed by atoms with Crippen LogP contribution in [0.3, 0.4) is 0 Å². The van der Waals surface area contributed by atoms with Crippen molar-refractivity contribution in [3.05, 3.63) is 243 Å². The summed E-state index contributed by atoms with van der Waals surface area (Å²) in [6.07, 6.45) is 0. The van der Waals surface area contributed by atoms with Gasteiger partial charge in [-0.2, -0.15) is 0 Å². The molecule has 0 N–H and O–H groups in total. The van der Waals surface area contributed by atoms with Crippen molar-refractivity contribution in [2.24, 2.45) is 0 Å². The quantitative estimate of drug-likeness (QED) is 0.118. The average Bonchev–Trinajstić information content (AvgIpc) is 3.72. The lowest BCUT2D eigenvalue weighted by Crippen LogP contribution is -2.75. The lowest BCUT2D eigenvalue weighted by molar-refractivity contribution is 0.479. The SMILES string of the molecule is c1ccc([Si](c2ccccc2)(c2ccccc2)c2ccccc2-c2ccc3c(c2)B2Oc4ccccc4-c4cc(-c5ccc(-n6c7ccccc7c7ccccc76)cc5)cc(c42)O3)cc1. The van der Waals surface area contributed by atoms with Crippen molar-refractivity contribution in [2.45, 2.75) is 0 Å². The Balaban J connectivity index is 0.942. The van der Waals surface area contributed by atoms with Gasteiger partial charge in [0.25, 0.3) is 0 Å². The normalized spacial score (nSPS) is 12.5. The van der Waals surface area contributed by atoms with Crippen molar-refractivity contribution in [1.29, 1.82) is 0 Å². The molecule has 2 aliphatic rings. The van der Waals surface area contributed by atoms with E-state index in [-0.39, 0.29) is 6.92 Å². The number of hydrogen-bond donors (Lipinski definition) is 0. The number of para-hydroxylation sites is 3. The van der Waals surface area contributed by atoms with Crippen LogP contribution in [0.1, 0.15) is 0 Å². The zero-order valence-electron chi connectivity index (χ0n) is 35.4. The Morgan fingerprint density at radius 3 is 1.55 bits per heavy atom. The number of nitrogens with zero attached hydrogens (tertiary/aromatic N) is 1. The van der Waals surface area contributed by atoms with E-state index in [2.05, 4.69) is 247 Å². The van der Waals surface area contributed by atoms with Gasteiger partial charge in [-0.1, -0.05) is 194 Å². The molecule has 0 unspecified atom stereocenters. The van der Waals surface area contributed by atoms with E-state index < -0.39 is 8.07 Å². The first-order valence-corrected chi connectivity index (χ1v) is 24.4. The number of aromatic nitrogens is 1. The minimum Gasteiger partial charge on any atom is -0.551 e. The molecule has 0 saturated carbocycles. The Morgan fingerprint density at radius 1 is 0.369 bits per heavy atom. The van der Waals surface area contributed by atoms with Crippen molar-refractivity contribution < 1.29 is 9.39 Å². The molecule has 0 atom stereocenters. The van der Waals surface area contributed by atoms with E-state index in [0.29, 0.717) is 0 Å². The lowest BCUT2D eigenvalue weighted by atomic mass is 9.50. The number of hydrogen-bond acceptors (Lipinski definition) is 2. The zero-order chi connectivity index (χ0) is 42.9. The maximum absolute atomic E-state index is 7.06. The summed E-state index contributed by atoms with van der Waals surface area (Å²) in [5, 5.41) is 7.88. The highest BCUT2D eigenvalue weighted by atomic mass is 28.3. The molecule has 65 heavy (non-hydrogen) atoms. The minimum atomic E-state index is -2.84. The van der Waals surface area contributed by atoms with E-state index in [1.54, 1.807) is 0 Å². The summed E-state index contributed by atoms with van der Waals surface area (Å²) in [4.78, 5) is 0. The molecule has 304 valence electrons. The van der Waals surface area contributed by atoms with Gasteiger partial charge in [-0.3, -0.25) is 0 Å². The first kappa shape index (κ1) is 37.4. The lowest BCUT2D eigenvalue weighted by Gasteiger charge is -2.36. The summed E-state index contributed by atoms with van der Waals surface area (Å²) in [6, 6.07) is 88.4. The number of benzene rings is 10. The molecule has 13 rings (SSSR count). The topological polar surface area (TPSA) is 23.4 Å². The van der Waals surface area contributed by atoms with Crippen LogP contribution in [0.2, 0.25) is 0 Å². The number of ether oxygens (including phenoxy) is 1. The van der Waals surface area contributed by atoms with Gasteiger partial charge >= 0.3 is 6.92 Å². The van der Waals surface area contributed by atoms with Crippen LogP contribution in [0.25, 0.3) is 60.9 Å². The van der Waals surface area contributed by atoms with E-state index >= 15 is 0 Å². The van der Waals surface area contributed by atoms with Crippen LogP contribution in [-0.2, 0) is 0 Å². The maximum atomic E-state index is 7.06. The molecule has 5 heteroatoms. The maximum Gasteiger partial charge on any atom is 0.434 e. The molecule has 10 aromatic carbocycles. The Bertz CT molecular complexity index is 3460. The van der Waals surface area contributed by atoms with Crippen LogP contribution < -0.4 is 41.1 Å². The molecule has 0 fully saturated rings. The highest BCUT2D eigenvalue weighted by Gasteiger charge is 2.44. The molecule has 0 bridgehead atoms. The second kappa shape index (κ2) is 15.0. The van der Waals surface area contributed by atoms with Crippen LogP contribution in [-0.4, -0.2) is 19.6 Å². The van der Waals surface area contributed by atoms with Gasteiger partial charge < -0.3 is 14.0 Å². The van der Waals surface area contributed by atoms with Gasteiger partial charge in [0.2, 0.25) is 0 Å². The molecular formula is C60H40BNO2Si. The predicted molar refractivity (Wildman–Crippen MR) is 273 cm³/mol. The van der Waals surface area contributed by atoms with Crippen LogP contribution in [0.15, 0.2) is 243 Å². The first-order valence-electron chi connectivity index (χ1n) is 22.4. The summed E-state index contributed by atoms with van der Waals surface area (Å²) in [6.45, 7) is -0.350. The minimum absolute atomic E-state index is 0.350. The van der Waals surface area contributed by atoms with Gasteiger partial charge in [-0.25, -0.2) is 0 Å². The van der Waals surface area contributed by atoms with Gasteiger partial charge in [-0.15, -0.1) is 0 Å². The third-order valence-electron chi connectivity index (χ3n) is 13.6. The van der Waals surface area contributed by atoms with E-state index in [1.807, 2.05) is 0 Å². The summed E-state index contributed by atoms with van der Waals surface area (Å²) >= 11 is 0. The molecule has 11 aromatic rings. The Hall–Kier alpha value is -8.12. The highest BCUT2D eigenvalue weighted by Crippen LogP contribution is 2.42. The Kier molecular flexibility index (Phi) is 8.65. The van der Waals surface area contributed by atoms with Gasteiger partial charge in [0.1, 0.15) is 17.2 Å². The third-order valence-corrected chi connectivity index (χ3v) is 18.5. The molecule has 0 amide bonds. The Labute approximate surface area is 379 Å². The number of fused-ring (bicyclic) bond motifs is 7. The molecule has 0 spiro atoms. The van der Waals surface area contributed by atoms with Crippen LogP contribution in [0.5, 0.6) is 17.2 Å². The van der Waals surface area contributed by atoms with Crippen molar-refractivity contribution in [3.63, 3.8) is 0 Å². The average molecular weight is 846 g/mol. The third kappa shape index (κ3) is 5.83. The summed E-state index contributed by atoms with van der Waals surface area (Å²) < 4.78 is 16.4. The summed E-state index contributed by atoms with van der Waals surface area (Å²) in [7, 11) is -2.84. The van der Waals surface area contributed by atoms with Crippen molar-refractivity contribution in [3.8, 4) is 56.3 Å². The molecule has 1 aromatic heterocycles. The monoisotopic (exact) mass is 845 g/mol. The first-order chi connectivity index (χ1) is 32.2. The van der Waals surface area contributed by atoms with Crippen molar-refractivity contribution in [1.82, 2.24) is 4.57 Å². The molecule has 3 heterocycles. The Morgan fingerprint density at radius 2 is 0.908 bits per heavy atom. The van der Waals surface area contributed by atoms with Gasteiger partial charge in [0, 0.05) is 32.9 Å². The van der Waals surface area contributed by atoms with Gasteiger partial charge in [0.05, 0.1) is 11.0 Å². The largest absolute Gasteiger partial charge is 0.551 e. The predicted octanol–water partition coefficient (Wildman–Crippen LogP) is 10.8. The fourth-order valence-corrected chi connectivity index (χ4v) is 15.8. The van der Waals surface area contributed by atoms with E-state index in [1.165, 1.54) is 48.1 Å². The summed E-state index contributed by atoms with van der Waals surface area (Å²) in [5.74, 6) is 2.51. The molecule has 0 saturated heterocycles. The van der Waals surface area contributed by atoms with E-state index in [9.17, 15) is 0 Å². The van der Waals surface area contributed by atoms with Gasteiger partial charge in [0.15, 0.2) is 8.07 Å². The molecule has 0 radical (unpaired) electrons. The molecule has 0 aliphatic carbocycles. The zero-order valence-corrected chi connectivity index (χ0v) is 36.4. The molecule has 2 aliphatic heterocycles. The fourth-order valence-electron chi connectivity index (χ4n) is 10.8. The van der Waals surface area contributed by atoms with Crippen LogP contribution in [0.4, 0.5) is 0 Å². The van der Waals surface area contributed by atoms with Crippen molar-refractivity contribution >= 4 is 68.5 Å². The second-order valence-corrected chi connectivity index (χ2v) is 20.9. The fraction of sp³-hybridized carbons (Fsp3) is 0. The van der Waals surface area contributed by atoms with Crippen LogP contribution >= 0.6 is 0 Å².